The molecule has 0 saturated heterocycles. The molecule has 1 amide bonds. The van der Waals surface area contributed by atoms with E-state index in [0.29, 0.717) is 17.1 Å². The lowest BCUT2D eigenvalue weighted by Gasteiger charge is -2.10. The van der Waals surface area contributed by atoms with Crippen molar-refractivity contribution in [3.63, 3.8) is 0 Å². The van der Waals surface area contributed by atoms with Crippen molar-refractivity contribution in [3.8, 4) is 0 Å². The minimum Gasteiger partial charge on any atom is -0.361 e. The number of benzene rings is 3. The summed E-state index contributed by atoms with van der Waals surface area (Å²) in [6, 6.07) is 20.1. The molecule has 0 aliphatic rings. The smallest absolute Gasteiger partial charge is 0.251 e. The molecule has 152 valence electrons. The third-order valence-corrected chi connectivity index (χ3v) is 5.89. The van der Waals surface area contributed by atoms with Crippen LogP contribution >= 0.6 is 11.6 Å². The molecule has 0 saturated carbocycles. The zero-order valence-electron chi connectivity index (χ0n) is 17.3. The van der Waals surface area contributed by atoms with Crippen molar-refractivity contribution in [2.24, 2.45) is 0 Å². The Morgan fingerprint density at radius 2 is 1.73 bits per heavy atom. The third-order valence-electron chi connectivity index (χ3n) is 5.65. The number of carbonyl (C=O) groups is 1. The van der Waals surface area contributed by atoms with E-state index < -0.39 is 0 Å². The fraction of sp³-hybridized carbons (Fsp3) is 0.192. The Morgan fingerprint density at radius 1 is 1.00 bits per heavy atom. The normalized spacial score (nSPS) is 11.0. The molecule has 0 aliphatic heterocycles. The fourth-order valence-electron chi connectivity index (χ4n) is 3.88. The maximum atomic E-state index is 12.5. The van der Waals surface area contributed by atoms with Crippen LogP contribution in [0, 0.1) is 13.8 Å². The summed E-state index contributed by atoms with van der Waals surface area (Å²) in [6.07, 6.45) is 3.61. The van der Waals surface area contributed by atoms with Gasteiger partial charge in [-0.25, -0.2) is 0 Å². The van der Waals surface area contributed by atoms with Crippen molar-refractivity contribution >= 4 is 28.4 Å². The molecule has 4 aromatic rings. The van der Waals surface area contributed by atoms with E-state index in [1.54, 1.807) is 0 Å². The molecule has 4 rings (SSSR count). The number of fused-ring (bicyclic) bond motifs is 1. The number of hydrogen-bond donors (Lipinski definition) is 2. The van der Waals surface area contributed by atoms with Crippen molar-refractivity contribution in [2.45, 2.75) is 26.7 Å². The summed E-state index contributed by atoms with van der Waals surface area (Å²) in [5.41, 5.74) is 8.05. The average molecular weight is 417 g/mol. The number of carbonyl (C=O) groups excluding carboxylic acids is 1. The lowest BCUT2D eigenvalue weighted by molar-refractivity contribution is 0.0954. The van der Waals surface area contributed by atoms with Crippen molar-refractivity contribution in [3.05, 3.63) is 105 Å². The topological polar surface area (TPSA) is 44.9 Å². The van der Waals surface area contributed by atoms with E-state index in [2.05, 4.69) is 42.3 Å². The molecular weight excluding hydrogens is 392 g/mol. The Bertz CT molecular complexity index is 1170. The molecule has 30 heavy (non-hydrogen) atoms. The van der Waals surface area contributed by atoms with Gasteiger partial charge in [0, 0.05) is 34.2 Å². The van der Waals surface area contributed by atoms with Crippen LogP contribution in [0.3, 0.4) is 0 Å². The number of halogens is 1. The molecule has 0 radical (unpaired) electrons. The van der Waals surface area contributed by atoms with Crippen LogP contribution in [0.5, 0.6) is 0 Å². The molecular formula is C26H25ClN2O. The van der Waals surface area contributed by atoms with E-state index in [1.807, 2.05) is 48.7 Å². The van der Waals surface area contributed by atoms with Gasteiger partial charge in [0.2, 0.25) is 0 Å². The molecule has 1 heterocycles. The van der Waals surface area contributed by atoms with Gasteiger partial charge in [-0.15, -0.1) is 0 Å². The molecule has 0 aliphatic carbocycles. The Labute approximate surface area is 182 Å². The monoisotopic (exact) mass is 416 g/mol. The second kappa shape index (κ2) is 8.76. The Hall–Kier alpha value is -3.04. The van der Waals surface area contributed by atoms with Crippen molar-refractivity contribution < 1.29 is 4.79 Å². The van der Waals surface area contributed by atoms with Crippen molar-refractivity contribution in [2.75, 3.05) is 6.54 Å². The van der Waals surface area contributed by atoms with E-state index in [9.17, 15) is 4.79 Å². The number of rotatable bonds is 6. The Kier molecular flexibility index (Phi) is 5.91. The molecule has 0 fully saturated rings. The minimum absolute atomic E-state index is 0.0495. The summed E-state index contributed by atoms with van der Waals surface area (Å²) in [4.78, 5) is 15.8. The molecule has 0 unspecified atom stereocenters. The summed E-state index contributed by atoms with van der Waals surface area (Å²) < 4.78 is 0. The molecule has 1 aromatic heterocycles. The van der Waals surface area contributed by atoms with Crippen molar-refractivity contribution in [1.82, 2.24) is 10.3 Å². The lowest BCUT2D eigenvalue weighted by atomic mass is 9.96. The summed E-state index contributed by atoms with van der Waals surface area (Å²) in [5.74, 6) is -0.0495. The number of nitrogens with one attached hydrogen (secondary N) is 2. The molecule has 4 heteroatoms. The van der Waals surface area contributed by atoms with Gasteiger partial charge in [0.25, 0.3) is 5.91 Å². The fourth-order valence-corrected chi connectivity index (χ4v) is 4.05. The standard InChI is InChI=1S/C26H25ClN2O/c1-17-4-3-5-18(2)23(17)14-19-6-8-20(9-7-19)26(30)28-13-12-21-16-29-25-11-10-22(27)15-24(21)25/h3-11,15-16,29H,12-14H2,1-2H3,(H,28,30). The minimum atomic E-state index is -0.0495. The van der Waals surface area contributed by atoms with Crippen LogP contribution in [0.25, 0.3) is 10.9 Å². The molecule has 2 N–H and O–H groups in total. The highest BCUT2D eigenvalue weighted by Gasteiger charge is 2.09. The number of H-pyrrole nitrogens is 1. The molecule has 3 aromatic carbocycles. The summed E-state index contributed by atoms with van der Waals surface area (Å²) in [7, 11) is 0. The van der Waals surface area contributed by atoms with Gasteiger partial charge < -0.3 is 10.3 Å². The zero-order chi connectivity index (χ0) is 21.1. The first-order valence-electron chi connectivity index (χ1n) is 10.2. The van der Waals surface area contributed by atoms with Crippen LogP contribution in [0.1, 0.15) is 38.2 Å². The van der Waals surface area contributed by atoms with Gasteiger partial charge >= 0.3 is 0 Å². The zero-order valence-corrected chi connectivity index (χ0v) is 18.0. The number of aromatic amines is 1. The predicted octanol–water partition coefficient (Wildman–Crippen LogP) is 6.00. The highest BCUT2D eigenvalue weighted by Crippen LogP contribution is 2.22. The van der Waals surface area contributed by atoms with Crippen LogP contribution in [0.15, 0.2) is 66.9 Å². The molecule has 0 atom stereocenters. The molecule has 0 bridgehead atoms. The van der Waals surface area contributed by atoms with E-state index in [4.69, 9.17) is 11.6 Å². The predicted molar refractivity (Wildman–Crippen MR) is 125 cm³/mol. The van der Waals surface area contributed by atoms with E-state index in [1.165, 1.54) is 22.3 Å². The highest BCUT2D eigenvalue weighted by atomic mass is 35.5. The average Bonchev–Trinajstić information content (AvgIpc) is 3.13. The number of aromatic nitrogens is 1. The van der Waals surface area contributed by atoms with Crippen LogP contribution in [0.2, 0.25) is 5.02 Å². The first kappa shape index (κ1) is 20.2. The van der Waals surface area contributed by atoms with Gasteiger partial charge in [0.05, 0.1) is 0 Å². The number of aryl methyl sites for hydroxylation is 2. The SMILES string of the molecule is Cc1cccc(C)c1Cc1ccc(C(=O)NCCc2c[nH]c3ccc(Cl)cc23)cc1. The third kappa shape index (κ3) is 4.42. The van der Waals surface area contributed by atoms with Gasteiger partial charge in [-0.3, -0.25) is 4.79 Å². The van der Waals surface area contributed by atoms with Crippen LogP contribution in [-0.2, 0) is 12.8 Å². The largest absolute Gasteiger partial charge is 0.361 e. The quantitative estimate of drug-likeness (QED) is 0.397. The second-order valence-corrected chi connectivity index (χ2v) is 8.19. The number of hydrogen-bond acceptors (Lipinski definition) is 1. The first-order valence-corrected chi connectivity index (χ1v) is 10.6. The summed E-state index contributed by atoms with van der Waals surface area (Å²) in [5, 5.41) is 4.84. The Morgan fingerprint density at radius 3 is 2.47 bits per heavy atom. The molecule has 3 nitrogen and oxygen atoms in total. The second-order valence-electron chi connectivity index (χ2n) is 7.75. The maximum Gasteiger partial charge on any atom is 0.251 e. The van der Waals surface area contributed by atoms with E-state index >= 15 is 0 Å². The van der Waals surface area contributed by atoms with Gasteiger partial charge in [-0.1, -0.05) is 41.9 Å². The van der Waals surface area contributed by atoms with Crippen molar-refractivity contribution in [1.29, 1.82) is 0 Å². The first-order chi connectivity index (χ1) is 14.5. The van der Waals surface area contributed by atoms with Gasteiger partial charge in [0.15, 0.2) is 0 Å². The Balaban J connectivity index is 1.36. The van der Waals surface area contributed by atoms with Crippen LogP contribution in [0.4, 0.5) is 0 Å². The van der Waals surface area contributed by atoms with Crippen LogP contribution in [-0.4, -0.2) is 17.4 Å². The highest BCUT2D eigenvalue weighted by molar-refractivity contribution is 6.31. The van der Waals surface area contributed by atoms with Crippen LogP contribution < -0.4 is 5.32 Å². The van der Waals surface area contributed by atoms with Gasteiger partial charge in [-0.2, -0.15) is 0 Å². The van der Waals surface area contributed by atoms with E-state index in [-0.39, 0.29) is 5.91 Å². The number of amides is 1. The summed E-state index contributed by atoms with van der Waals surface area (Å²) >= 11 is 6.11. The van der Waals surface area contributed by atoms with E-state index in [0.717, 1.165) is 29.3 Å². The lowest BCUT2D eigenvalue weighted by Crippen LogP contribution is -2.25. The molecule has 0 spiro atoms. The summed E-state index contributed by atoms with van der Waals surface area (Å²) in [6.45, 7) is 4.86. The van der Waals surface area contributed by atoms with Gasteiger partial charge in [0.1, 0.15) is 0 Å². The van der Waals surface area contributed by atoms with Gasteiger partial charge in [-0.05, 0) is 84.8 Å². The maximum absolute atomic E-state index is 12.5.